The zero-order valence-electron chi connectivity index (χ0n) is 7.33. The molecule has 0 bridgehead atoms. The number of anilines is 1. The summed E-state index contributed by atoms with van der Waals surface area (Å²) >= 11 is 0. The Bertz CT molecular complexity index is 359. The van der Waals surface area contributed by atoms with E-state index in [0.29, 0.717) is 5.69 Å². The lowest BCUT2D eigenvalue weighted by atomic mass is 10.3. The number of nitrogens with one attached hydrogen (secondary N) is 1. The molecule has 0 saturated carbocycles. The van der Waals surface area contributed by atoms with E-state index in [1.807, 2.05) is 0 Å². The highest BCUT2D eigenvalue weighted by atomic mass is 19.1. The molecule has 14 heavy (non-hydrogen) atoms. The third-order valence-corrected chi connectivity index (χ3v) is 1.54. The largest absolute Gasteiger partial charge is 0.403 e. The maximum atomic E-state index is 12.5. The van der Waals surface area contributed by atoms with Gasteiger partial charge >= 0.3 is 0 Å². The lowest BCUT2D eigenvalue weighted by Crippen LogP contribution is -2.21. The molecule has 1 rings (SSSR count). The number of benzene rings is 1. The standard InChI is InChI=1S/C9H10FN3O/c10-6-1-3-7(4-2-6)13-9(14)8(12)5-11/h1-5H,11-12H2,(H,13,14)/b8-5+. The molecule has 0 spiro atoms. The second-order valence-corrected chi connectivity index (χ2v) is 2.58. The van der Waals surface area contributed by atoms with Crippen LogP contribution in [0, 0.1) is 5.82 Å². The molecule has 1 amide bonds. The molecule has 0 aliphatic rings. The number of nitrogens with two attached hydrogens (primary N) is 2. The van der Waals surface area contributed by atoms with E-state index in [2.05, 4.69) is 5.32 Å². The third kappa shape index (κ3) is 2.48. The molecule has 0 atom stereocenters. The molecule has 0 fully saturated rings. The molecular weight excluding hydrogens is 185 g/mol. The highest BCUT2D eigenvalue weighted by molar-refractivity contribution is 6.02. The van der Waals surface area contributed by atoms with Crippen molar-refractivity contribution >= 4 is 11.6 Å². The van der Waals surface area contributed by atoms with Gasteiger partial charge in [-0.3, -0.25) is 4.79 Å². The van der Waals surface area contributed by atoms with Crippen LogP contribution in [-0.2, 0) is 4.79 Å². The molecule has 0 unspecified atom stereocenters. The van der Waals surface area contributed by atoms with Gasteiger partial charge in [0.05, 0.1) is 0 Å². The van der Waals surface area contributed by atoms with Crippen LogP contribution in [0.1, 0.15) is 0 Å². The van der Waals surface area contributed by atoms with Crippen molar-refractivity contribution in [1.82, 2.24) is 0 Å². The minimum absolute atomic E-state index is 0.0886. The van der Waals surface area contributed by atoms with E-state index in [1.165, 1.54) is 24.3 Å². The number of amides is 1. The summed E-state index contributed by atoms with van der Waals surface area (Å²) in [6.45, 7) is 0. The van der Waals surface area contributed by atoms with Crippen LogP contribution in [0.15, 0.2) is 36.2 Å². The lowest BCUT2D eigenvalue weighted by molar-refractivity contribution is -0.112. The predicted octanol–water partition coefficient (Wildman–Crippen LogP) is 0.523. The summed E-state index contributed by atoms with van der Waals surface area (Å²) in [4.78, 5) is 11.2. The van der Waals surface area contributed by atoms with E-state index >= 15 is 0 Å². The molecule has 0 heterocycles. The average Bonchev–Trinajstić information content (AvgIpc) is 2.20. The number of carbonyl (C=O) groups is 1. The monoisotopic (exact) mass is 195 g/mol. The van der Waals surface area contributed by atoms with Crippen molar-refractivity contribution in [1.29, 1.82) is 0 Å². The summed E-state index contributed by atoms with van der Waals surface area (Å²) in [7, 11) is 0. The Balaban J connectivity index is 2.70. The smallest absolute Gasteiger partial charge is 0.273 e. The van der Waals surface area contributed by atoms with Crippen LogP contribution in [0.3, 0.4) is 0 Å². The highest BCUT2D eigenvalue weighted by Gasteiger charge is 2.04. The minimum atomic E-state index is -0.515. The number of halogens is 1. The van der Waals surface area contributed by atoms with Gasteiger partial charge in [0.1, 0.15) is 11.5 Å². The minimum Gasteiger partial charge on any atom is -0.403 e. The molecule has 74 valence electrons. The van der Waals surface area contributed by atoms with Crippen LogP contribution >= 0.6 is 0 Å². The Labute approximate surface area is 80.4 Å². The molecular formula is C9H10FN3O. The fourth-order valence-corrected chi connectivity index (χ4v) is 0.812. The maximum absolute atomic E-state index is 12.5. The van der Waals surface area contributed by atoms with Gasteiger partial charge < -0.3 is 16.8 Å². The Morgan fingerprint density at radius 3 is 2.43 bits per heavy atom. The van der Waals surface area contributed by atoms with E-state index in [0.717, 1.165) is 6.20 Å². The zero-order valence-corrected chi connectivity index (χ0v) is 7.33. The van der Waals surface area contributed by atoms with E-state index in [1.54, 1.807) is 0 Å². The molecule has 5 heteroatoms. The van der Waals surface area contributed by atoms with Gasteiger partial charge in [0.15, 0.2) is 0 Å². The zero-order chi connectivity index (χ0) is 10.6. The van der Waals surface area contributed by atoms with Crippen LogP contribution in [0.5, 0.6) is 0 Å². The van der Waals surface area contributed by atoms with Gasteiger partial charge in [-0.05, 0) is 24.3 Å². The number of rotatable bonds is 2. The molecule has 0 saturated heterocycles. The maximum Gasteiger partial charge on any atom is 0.273 e. The molecule has 1 aromatic carbocycles. The van der Waals surface area contributed by atoms with Gasteiger partial charge in [0, 0.05) is 11.9 Å². The first-order chi connectivity index (χ1) is 6.63. The quantitative estimate of drug-likeness (QED) is 0.602. The molecule has 0 aromatic heterocycles. The topological polar surface area (TPSA) is 81.1 Å². The van der Waals surface area contributed by atoms with Crippen LogP contribution in [0.4, 0.5) is 10.1 Å². The van der Waals surface area contributed by atoms with E-state index in [-0.39, 0.29) is 11.5 Å². The third-order valence-electron chi connectivity index (χ3n) is 1.54. The molecule has 0 radical (unpaired) electrons. The van der Waals surface area contributed by atoms with Crippen molar-refractivity contribution in [3.63, 3.8) is 0 Å². The second-order valence-electron chi connectivity index (χ2n) is 2.58. The van der Waals surface area contributed by atoms with Gasteiger partial charge in [-0.1, -0.05) is 0 Å². The van der Waals surface area contributed by atoms with Crippen molar-refractivity contribution in [2.24, 2.45) is 11.5 Å². The van der Waals surface area contributed by atoms with Gasteiger partial charge in [-0.15, -0.1) is 0 Å². The summed E-state index contributed by atoms with van der Waals surface area (Å²) in [5.41, 5.74) is 10.7. The van der Waals surface area contributed by atoms with Crippen LogP contribution in [0.2, 0.25) is 0 Å². The lowest BCUT2D eigenvalue weighted by Gasteiger charge is -2.03. The van der Waals surface area contributed by atoms with Crippen molar-refractivity contribution in [3.05, 3.63) is 42.0 Å². The van der Waals surface area contributed by atoms with Gasteiger partial charge in [0.2, 0.25) is 0 Å². The van der Waals surface area contributed by atoms with Crippen LogP contribution < -0.4 is 16.8 Å². The summed E-state index contributed by atoms with van der Waals surface area (Å²) in [5, 5.41) is 2.44. The summed E-state index contributed by atoms with van der Waals surface area (Å²) in [5.74, 6) is -0.885. The van der Waals surface area contributed by atoms with Crippen molar-refractivity contribution in [2.75, 3.05) is 5.32 Å². The van der Waals surface area contributed by atoms with Crippen molar-refractivity contribution in [2.45, 2.75) is 0 Å². The van der Waals surface area contributed by atoms with Gasteiger partial charge in [-0.25, -0.2) is 4.39 Å². The number of carbonyl (C=O) groups excluding carboxylic acids is 1. The summed E-state index contributed by atoms with van der Waals surface area (Å²) < 4.78 is 12.5. The van der Waals surface area contributed by atoms with Crippen molar-refractivity contribution < 1.29 is 9.18 Å². The number of hydrogen-bond acceptors (Lipinski definition) is 3. The Hall–Kier alpha value is -2.04. The predicted molar refractivity (Wildman–Crippen MR) is 51.5 cm³/mol. The van der Waals surface area contributed by atoms with E-state index in [4.69, 9.17) is 11.5 Å². The van der Waals surface area contributed by atoms with E-state index < -0.39 is 5.91 Å². The first kappa shape index (κ1) is 10.0. The van der Waals surface area contributed by atoms with Gasteiger partial charge in [-0.2, -0.15) is 0 Å². The van der Waals surface area contributed by atoms with Crippen molar-refractivity contribution in [3.8, 4) is 0 Å². The van der Waals surface area contributed by atoms with Crippen LogP contribution in [0.25, 0.3) is 0 Å². The molecule has 0 aliphatic heterocycles. The Morgan fingerprint density at radius 1 is 1.36 bits per heavy atom. The fraction of sp³-hybridized carbons (Fsp3) is 0. The Kier molecular flexibility index (Phi) is 3.06. The molecule has 1 aromatic rings. The summed E-state index contributed by atoms with van der Waals surface area (Å²) in [6.07, 6.45) is 0.999. The first-order valence-electron chi connectivity index (χ1n) is 3.88. The number of hydrogen-bond donors (Lipinski definition) is 3. The van der Waals surface area contributed by atoms with E-state index in [9.17, 15) is 9.18 Å². The molecule has 4 nitrogen and oxygen atoms in total. The normalized spacial score (nSPS) is 11.1. The van der Waals surface area contributed by atoms with Gasteiger partial charge in [0.25, 0.3) is 5.91 Å². The fourth-order valence-electron chi connectivity index (χ4n) is 0.812. The summed E-state index contributed by atoms with van der Waals surface area (Å²) in [6, 6.07) is 5.32. The first-order valence-corrected chi connectivity index (χ1v) is 3.88. The average molecular weight is 195 g/mol. The van der Waals surface area contributed by atoms with Crippen LogP contribution in [-0.4, -0.2) is 5.91 Å². The SMILES string of the molecule is N/C=C(/N)C(=O)Nc1ccc(F)cc1. The molecule has 0 aliphatic carbocycles. The highest BCUT2D eigenvalue weighted by Crippen LogP contribution is 2.08. The Morgan fingerprint density at radius 2 is 1.93 bits per heavy atom. The second kappa shape index (κ2) is 4.27. The molecule has 5 N–H and O–H groups in total.